The number of carbonyl (C=O) groups excluding carboxylic acids is 1. The zero-order chi connectivity index (χ0) is 15.1. The van der Waals surface area contributed by atoms with Gasteiger partial charge in [-0.3, -0.25) is 4.79 Å². The third kappa shape index (κ3) is 5.53. The molecule has 0 radical (unpaired) electrons. The van der Waals surface area contributed by atoms with E-state index < -0.39 is 0 Å². The zero-order valence-electron chi connectivity index (χ0n) is 12.1. The normalized spacial score (nSPS) is 16.2. The summed E-state index contributed by atoms with van der Waals surface area (Å²) in [5, 5.41) is 9.85. The van der Waals surface area contributed by atoms with E-state index >= 15 is 0 Å². The molecule has 0 spiro atoms. The van der Waals surface area contributed by atoms with E-state index in [1.807, 2.05) is 29.2 Å². The minimum Gasteiger partial charge on any atom is -0.396 e. The maximum absolute atomic E-state index is 12.1. The molecule has 116 valence electrons. The maximum Gasteiger partial charge on any atom is 0.222 e. The van der Waals surface area contributed by atoms with Gasteiger partial charge in [-0.05, 0) is 55.2 Å². The topological polar surface area (TPSA) is 40.5 Å². The number of hydrogen-bond donors (Lipinski definition) is 1. The molecule has 0 bridgehead atoms. The van der Waals surface area contributed by atoms with Gasteiger partial charge in [0, 0.05) is 36.0 Å². The third-order valence-corrected chi connectivity index (χ3v) is 5.19. The van der Waals surface area contributed by atoms with E-state index in [9.17, 15) is 4.79 Å². The number of benzene rings is 1. The second-order valence-electron chi connectivity index (χ2n) is 5.41. The monoisotopic (exact) mass is 327 g/mol. The SMILES string of the molecule is O=C(CCCSc1ccc(Cl)cc1)N1CCC(CO)CC1. The van der Waals surface area contributed by atoms with Crippen molar-refractivity contribution >= 4 is 29.3 Å². The van der Waals surface area contributed by atoms with Gasteiger partial charge in [-0.2, -0.15) is 0 Å². The van der Waals surface area contributed by atoms with E-state index in [4.69, 9.17) is 16.7 Å². The highest BCUT2D eigenvalue weighted by Crippen LogP contribution is 2.22. The van der Waals surface area contributed by atoms with Crippen LogP contribution in [0.3, 0.4) is 0 Å². The molecule has 21 heavy (non-hydrogen) atoms. The highest BCUT2D eigenvalue weighted by Gasteiger charge is 2.21. The lowest BCUT2D eigenvalue weighted by atomic mass is 9.98. The van der Waals surface area contributed by atoms with Crippen molar-refractivity contribution in [2.45, 2.75) is 30.6 Å². The number of amides is 1. The quantitative estimate of drug-likeness (QED) is 0.642. The van der Waals surface area contributed by atoms with E-state index in [0.29, 0.717) is 12.3 Å². The number of halogens is 1. The lowest BCUT2D eigenvalue weighted by Gasteiger charge is -2.31. The van der Waals surface area contributed by atoms with Gasteiger partial charge in [0.2, 0.25) is 5.91 Å². The van der Waals surface area contributed by atoms with Crippen LogP contribution in [0.15, 0.2) is 29.2 Å². The molecule has 1 saturated heterocycles. The van der Waals surface area contributed by atoms with Crippen molar-refractivity contribution in [2.75, 3.05) is 25.4 Å². The number of carbonyl (C=O) groups is 1. The summed E-state index contributed by atoms with van der Waals surface area (Å²) in [6, 6.07) is 7.80. The van der Waals surface area contributed by atoms with Gasteiger partial charge in [0.15, 0.2) is 0 Å². The molecule has 0 atom stereocenters. The van der Waals surface area contributed by atoms with Crippen LogP contribution < -0.4 is 0 Å². The van der Waals surface area contributed by atoms with Gasteiger partial charge >= 0.3 is 0 Å². The Balaban J connectivity index is 1.62. The Labute approximate surface area is 135 Å². The summed E-state index contributed by atoms with van der Waals surface area (Å²) in [6.45, 7) is 1.85. The number of nitrogens with zero attached hydrogens (tertiary/aromatic N) is 1. The third-order valence-electron chi connectivity index (χ3n) is 3.84. The largest absolute Gasteiger partial charge is 0.396 e. The fraction of sp³-hybridized carbons (Fsp3) is 0.562. The van der Waals surface area contributed by atoms with Gasteiger partial charge in [0.25, 0.3) is 0 Å². The van der Waals surface area contributed by atoms with Crippen LogP contribution in [0, 0.1) is 5.92 Å². The first kappa shape index (κ1) is 16.7. The van der Waals surface area contributed by atoms with Crippen LogP contribution in [0.25, 0.3) is 0 Å². The molecule has 0 aromatic heterocycles. The molecule has 0 saturated carbocycles. The van der Waals surface area contributed by atoms with E-state index in [0.717, 1.165) is 43.1 Å². The molecule has 1 N–H and O–H groups in total. The highest BCUT2D eigenvalue weighted by atomic mass is 35.5. The van der Waals surface area contributed by atoms with Crippen molar-refractivity contribution in [3.8, 4) is 0 Å². The standard InChI is InChI=1S/C16H22ClNO2S/c17-14-3-5-15(6-4-14)21-11-1-2-16(20)18-9-7-13(12-19)8-10-18/h3-6,13,19H,1-2,7-12H2. The summed E-state index contributed by atoms with van der Waals surface area (Å²) in [6.07, 6.45) is 3.37. The molecule has 0 aliphatic carbocycles. The van der Waals surface area contributed by atoms with Crippen molar-refractivity contribution < 1.29 is 9.90 Å². The van der Waals surface area contributed by atoms with Crippen LogP contribution in [-0.2, 0) is 4.79 Å². The fourth-order valence-corrected chi connectivity index (χ4v) is 3.45. The average Bonchev–Trinajstić information content (AvgIpc) is 2.53. The maximum atomic E-state index is 12.1. The minimum atomic E-state index is 0.250. The lowest BCUT2D eigenvalue weighted by molar-refractivity contribution is -0.132. The second-order valence-corrected chi connectivity index (χ2v) is 7.02. The van der Waals surface area contributed by atoms with Gasteiger partial charge in [0.05, 0.1) is 0 Å². The molecule has 0 unspecified atom stereocenters. The molecule has 2 rings (SSSR count). The predicted octanol–water partition coefficient (Wildman–Crippen LogP) is 3.44. The second kappa shape index (κ2) is 8.66. The number of aliphatic hydroxyl groups is 1. The molecule has 1 aliphatic heterocycles. The molecule has 1 amide bonds. The minimum absolute atomic E-state index is 0.250. The fourth-order valence-electron chi connectivity index (χ4n) is 2.47. The first-order valence-corrected chi connectivity index (χ1v) is 8.82. The smallest absolute Gasteiger partial charge is 0.222 e. The summed E-state index contributed by atoms with van der Waals surface area (Å²) >= 11 is 7.61. The molecule has 3 nitrogen and oxygen atoms in total. The highest BCUT2D eigenvalue weighted by molar-refractivity contribution is 7.99. The number of hydrogen-bond acceptors (Lipinski definition) is 3. The first-order chi connectivity index (χ1) is 10.2. The van der Waals surface area contributed by atoms with Crippen molar-refractivity contribution in [1.82, 2.24) is 4.90 Å². The summed E-state index contributed by atoms with van der Waals surface area (Å²) in [5.41, 5.74) is 0. The molecule has 1 fully saturated rings. The van der Waals surface area contributed by atoms with Gasteiger partial charge in [-0.25, -0.2) is 0 Å². The van der Waals surface area contributed by atoms with Crippen LogP contribution in [-0.4, -0.2) is 41.4 Å². The van der Waals surface area contributed by atoms with Crippen molar-refractivity contribution in [3.63, 3.8) is 0 Å². The summed E-state index contributed by atoms with van der Waals surface area (Å²) in [7, 11) is 0. The zero-order valence-corrected chi connectivity index (χ0v) is 13.7. The molecule has 1 aromatic rings. The van der Waals surface area contributed by atoms with E-state index in [1.54, 1.807) is 11.8 Å². The van der Waals surface area contributed by atoms with Gasteiger partial charge < -0.3 is 10.0 Å². The van der Waals surface area contributed by atoms with Crippen LogP contribution in [0.5, 0.6) is 0 Å². The van der Waals surface area contributed by atoms with Crippen LogP contribution in [0.2, 0.25) is 5.02 Å². The molecule has 1 aliphatic rings. The van der Waals surface area contributed by atoms with Crippen LogP contribution >= 0.6 is 23.4 Å². The number of rotatable bonds is 6. The lowest BCUT2D eigenvalue weighted by Crippen LogP contribution is -2.39. The van der Waals surface area contributed by atoms with E-state index in [2.05, 4.69) is 0 Å². The number of piperidine rings is 1. The summed E-state index contributed by atoms with van der Waals surface area (Å²) < 4.78 is 0. The van der Waals surface area contributed by atoms with E-state index in [-0.39, 0.29) is 12.5 Å². The van der Waals surface area contributed by atoms with E-state index in [1.165, 1.54) is 4.90 Å². The Hall–Kier alpha value is -0.710. The van der Waals surface area contributed by atoms with Crippen LogP contribution in [0.1, 0.15) is 25.7 Å². The number of thioether (sulfide) groups is 1. The molecule has 5 heteroatoms. The molecule has 1 aromatic carbocycles. The Kier molecular flexibility index (Phi) is 6.87. The van der Waals surface area contributed by atoms with Crippen molar-refractivity contribution in [1.29, 1.82) is 0 Å². The number of aliphatic hydroxyl groups excluding tert-OH is 1. The Morgan fingerprint density at radius 2 is 1.95 bits per heavy atom. The Morgan fingerprint density at radius 1 is 1.29 bits per heavy atom. The van der Waals surface area contributed by atoms with Gasteiger partial charge in [0.1, 0.15) is 0 Å². The molecular formula is C16H22ClNO2S. The Morgan fingerprint density at radius 3 is 2.57 bits per heavy atom. The molecular weight excluding hydrogens is 306 g/mol. The average molecular weight is 328 g/mol. The molecule has 1 heterocycles. The Bertz CT molecular complexity index is 444. The van der Waals surface area contributed by atoms with Crippen LogP contribution in [0.4, 0.5) is 0 Å². The predicted molar refractivity (Wildman–Crippen MR) is 87.8 cm³/mol. The summed E-state index contributed by atoms with van der Waals surface area (Å²) in [4.78, 5) is 15.2. The number of likely N-dealkylation sites (tertiary alicyclic amines) is 1. The van der Waals surface area contributed by atoms with Gasteiger partial charge in [-0.15, -0.1) is 11.8 Å². The van der Waals surface area contributed by atoms with Crippen molar-refractivity contribution in [3.05, 3.63) is 29.3 Å². The van der Waals surface area contributed by atoms with Gasteiger partial charge in [-0.1, -0.05) is 11.6 Å². The van der Waals surface area contributed by atoms with Crippen molar-refractivity contribution in [2.24, 2.45) is 5.92 Å². The summed E-state index contributed by atoms with van der Waals surface area (Å²) in [5.74, 6) is 1.58. The first-order valence-electron chi connectivity index (χ1n) is 7.46.